The maximum Gasteiger partial charge on any atom is 0.188 e. The van der Waals surface area contributed by atoms with Crippen LogP contribution >= 0.6 is 11.3 Å². The molecule has 0 saturated heterocycles. The number of nitrogens with one attached hydrogen (secondary N) is 1. The number of carbonyl (C=O) groups excluding carboxylic acids is 1. The number of aromatic amines is 1. The number of H-pyrrole nitrogens is 1. The zero-order valence-corrected chi connectivity index (χ0v) is 13.1. The zero-order chi connectivity index (χ0) is 15.0. The summed E-state index contributed by atoms with van der Waals surface area (Å²) in [7, 11) is 0. The van der Waals surface area contributed by atoms with Crippen LogP contribution in [0.1, 0.15) is 36.1 Å². The third kappa shape index (κ3) is 2.74. The summed E-state index contributed by atoms with van der Waals surface area (Å²) in [6, 6.07) is 2.17. The summed E-state index contributed by atoms with van der Waals surface area (Å²) >= 11 is 1.38. The largest absolute Gasteiger partial charge is 0.345 e. The molecule has 0 aliphatic rings. The van der Waals surface area contributed by atoms with Crippen molar-refractivity contribution in [2.75, 3.05) is 0 Å². The Morgan fingerprint density at radius 3 is 2.90 bits per heavy atom. The molecule has 108 valence electrons. The van der Waals surface area contributed by atoms with Crippen LogP contribution < -0.4 is 0 Å². The summed E-state index contributed by atoms with van der Waals surface area (Å²) < 4.78 is 0. The average molecular weight is 299 g/mol. The Kier molecular flexibility index (Phi) is 3.59. The molecular weight excluding hydrogens is 282 g/mol. The number of aromatic nitrogens is 3. The van der Waals surface area contributed by atoms with Crippen molar-refractivity contribution < 1.29 is 4.79 Å². The van der Waals surface area contributed by atoms with E-state index < -0.39 is 0 Å². The lowest BCUT2D eigenvalue weighted by molar-refractivity contribution is 0.101. The first-order valence-electron chi connectivity index (χ1n) is 6.97. The summed E-state index contributed by atoms with van der Waals surface area (Å²) in [5, 5.41) is 3.54. The van der Waals surface area contributed by atoms with E-state index in [1.165, 1.54) is 16.9 Å². The summed E-state index contributed by atoms with van der Waals surface area (Å²) in [5.74, 6) is 0.597. The van der Waals surface area contributed by atoms with Gasteiger partial charge in [-0.3, -0.25) is 4.79 Å². The van der Waals surface area contributed by atoms with Crippen molar-refractivity contribution in [3.05, 3.63) is 34.4 Å². The number of carbonyl (C=O) groups is 1. The van der Waals surface area contributed by atoms with Gasteiger partial charge in [-0.25, -0.2) is 9.97 Å². The Labute approximate surface area is 127 Å². The SMILES string of the molecule is CC(=O)c1nc(-c2c[nH]c3ncc(CC(C)C)cc23)cs1. The highest BCUT2D eigenvalue weighted by Crippen LogP contribution is 2.29. The van der Waals surface area contributed by atoms with Gasteiger partial charge in [-0.1, -0.05) is 13.8 Å². The van der Waals surface area contributed by atoms with Gasteiger partial charge in [0.2, 0.25) is 0 Å². The molecule has 0 spiro atoms. The third-order valence-corrected chi connectivity index (χ3v) is 4.26. The Bertz CT molecular complexity index is 801. The monoisotopic (exact) mass is 299 g/mol. The van der Waals surface area contributed by atoms with Crippen molar-refractivity contribution in [1.29, 1.82) is 0 Å². The van der Waals surface area contributed by atoms with Gasteiger partial charge in [0.15, 0.2) is 10.8 Å². The van der Waals surface area contributed by atoms with Gasteiger partial charge in [0.1, 0.15) is 5.65 Å². The zero-order valence-electron chi connectivity index (χ0n) is 12.3. The Balaban J connectivity index is 2.06. The van der Waals surface area contributed by atoms with Crippen LogP contribution in [0.3, 0.4) is 0 Å². The molecule has 0 atom stereocenters. The van der Waals surface area contributed by atoms with E-state index >= 15 is 0 Å². The topological polar surface area (TPSA) is 58.6 Å². The van der Waals surface area contributed by atoms with Gasteiger partial charge in [-0.15, -0.1) is 11.3 Å². The van der Waals surface area contributed by atoms with E-state index in [1.807, 2.05) is 17.8 Å². The van der Waals surface area contributed by atoms with Crippen LogP contribution in [0.2, 0.25) is 0 Å². The van der Waals surface area contributed by atoms with Gasteiger partial charge < -0.3 is 4.98 Å². The summed E-state index contributed by atoms with van der Waals surface area (Å²) in [6.07, 6.45) is 4.84. The highest BCUT2D eigenvalue weighted by Gasteiger charge is 2.13. The average Bonchev–Trinajstić information content (AvgIpc) is 3.02. The molecule has 4 nitrogen and oxygen atoms in total. The molecule has 0 unspecified atom stereocenters. The van der Waals surface area contributed by atoms with Crippen LogP contribution in [0.25, 0.3) is 22.3 Å². The minimum absolute atomic E-state index is 0.00436. The standard InChI is InChI=1S/C16H17N3OS/c1-9(2)4-11-5-12-13(7-18-15(12)17-6-11)14-8-21-16(19-14)10(3)20/h5-9H,4H2,1-3H3,(H,17,18). The van der Waals surface area contributed by atoms with Crippen LogP contribution in [0, 0.1) is 5.92 Å². The fourth-order valence-electron chi connectivity index (χ4n) is 2.40. The number of rotatable bonds is 4. The summed E-state index contributed by atoms with van der Waals surface area (Å²) in [4.78, 5) is 23.5. The van der Waals surface area contributed by atoms with Crippen molar-refractivity contribution in [1.82, 2.24) is 15.0 Å². The van der Waals surface area contributed by atoms with E-state index in [9.17, 15) is 4.79 Å². The number of fused-ring (bicyclic) bond motifs is 1. The molecule has 3 rings (SSSR count). The molecule has 0 aliphatic heterocycles. The van der Waals surface area contributed by atoms with Gasteiger partial charge in [0.25, 0.3) is 0 Å². The predicted molar refractivity (Wildman–Crippen MR) is 85.7 cm³/mol. The number of Topliss-reactive ketones (excluding diaryl/α,β-unsaturated/α-hetero) is 1. The first kappa shape index (κ1) is 13.9. The number of pyridine rings is 1. The van der Waals surface area contributed by atoms with E-state index in [0.717, 1.165) is 28.7 Å². The maximum atomic E-state index is 11.4. The number of ketones is 1. The number of hydrogen-bond acceptors (Lipinski definition) is 4. The molecule has 0 bridgehead atoms. The molecule has 3 heterocycles. The van der Waals surface area contributed by atoms with Crippen molar-refractivity contribution in [3.63, 3.8) is 0 Å². The summed E-state index contributed by atoms with van der Waals surface area (Å²) in [5.41, 5.74) is 3.92. The lowest BCUT2D eigenvalue weighted by Gasteiger charge is -2.04. The van der Waals surface area contributed by atoms with E-state index in [4.69, 9.17) is 0 Å². The van der Waals surface area contributed by atoms with E-state index in [0.29, 0.717) is 10.9 Å². The fourth-order valence-corrected chi connectivity index (χ4v) is 3.12. The second-order valence-electron chi connectivity index (χ2n) is 5.63. The van der Waals surface area contributed by atoms with E-state index in [1.54, 1.807) is 6.92 Å². The lowest BCUT2D eigenvalue weighted by Crippen LogP contribution is -1.94. The highest BCUT2D eigenvalue weighted by atomic mass is 32.1. The predicted octanol–water partition coefficient (Wildman–Crippen LogP) is 4.09. The molecule has 3 aromatic heterocycles. The molecule has 0 aliphatic carbocycles. The minimum atomic E-state index is 0.00436. The first-order chi connectivity index (χ1) is 10.0. The number of thiazole rings is 1. The van der Waals surface area contributed by atoms with Gasteiger partial charge in [-0.05, 0) is 24.0 Å². The van der Waals surface area contributed by atoms with Crippen LogP contribution in [0.15, 0.2) is 23.8 Å². The minimum Gasteiger partial charge on any atom is -0.345 e. The Hall–Kier alpha value is -2.01. The van der Waals surface area contributed by atoms with Crippen molar-refractivity contribution in [2.24, 2.45) is 5.92 Å². The maximum absolute atomic E-state index is 11.4. The van der Waals surface area contributed by atoms with E-state index in [-0.39, 0.29) is 5.78 Å². The molecule has 0 amide bonds. The fraction of sp³-hybridized carbons (Fsp3) is 0.312. The van der Waals surface area contributed by atoms with Gasteiger partial charge in [0, 0.05) is 35.6 Å². The molecule has 0 aromatic carbocycles. The molecule has 5 heteroatoms. The second-order valence-corrected chi connectivity index (χ2v) is 6.49. The lowest BCUT2D eigenvalue weighted by atomic mass is 10.0. The Morgan fingerprint density at radius 2 is 2.24 bits per heavy atom. The molecule has 0 radical (unpaired) electrons. The van der Waals surface area contributed by atoms with Gasteiger partial charge >= 0.3 is 0 Å². The van der Waals surface area contributed by atoms with Crippen LogP contribution in [-0.2, 0) is 6.42 Å². The number of nitrogens with zero attached hydrogens (tertiary/aromatic N) is 2. The second kappa shape index (κ2) is 5.41. The van der Waals surface area contributed by atoms with Crippen LogP contribution in [0.5, 0.6) is 0 Å². The Morgan fingerprint density at radius 1 is 1.43 bits per heavy atom. The molecular formula is C16H17N3OS. The van der Waals surface area contributed by atoms with Gasteiger partial charge in [0.05, 0.1) is 5.69 Å². The van der Waals surface area contributed by atoms with Gasteiger partial charge in [-0.2, -0.15) is 0 Å². The first-order valence-corrected chi connectivity index (χ1v) is 7.85. The van der Waals surface area contributed by atoms with E-state index in [2.05, 4.69) is 34.9 Å². The van der Waals surface area contributed by atoms with Crippen molar-refractivity contribution in [3.8, 4) is 11.3 Å². The molecule has 0 saturated carbocycles. The smallest absolute Gasteiger partial charge is 0.188 e. The molecule has 1 N–H and O–H groups in total. The van der Waals surface area contributed by atoms with Crippen molar-refractivity contribution >= 4 is 28.2 Å². The van der Waals surface area contributed by atoms with Crippen molar-refractivity contribution in [2.45, 2.75) is 27.2 Å². The molecule has 3 aromatic rings. The highest BCUT2D eigenvalue weighted by molar-refractivity contribution is 7.12. The third-order valence-electron chi connectivity index (χ3n) is 3.31. The quantitative estimate of drug-likeness (QED) is 0.738. The summed E-state index contributed by atoms with van der Waals surface area (Å²) in [6.45, 7) is 5.93. The molecule has 0 fully saturated rings. The molecule has 21 heavy (non-hydrogen) atoms. The number of hydrogen-bond donors (Lipinski definition) is 1. The normalized spacial score (nSPS) is 11.4. The van der Waals surface area contributed by atoms with Crippen LogP contribution in [-0.4, -0.2) is 20.7 Å². The van der Waals surface area contributed by atoms with Crippen LogP contribution in [0.4, 0.5) is 0 Å².